The first-order valence-electron chi connectivity index (χ1n) is 9.31. The number of nitrogens with one attached hydrogen (secondary N) is 1. The van der Waals surface area contributed by atoms with E-state index in [9.17, 15) is 9.18 Å². The van der Waals surface area contributed by atoms with Gasteiger partial charge in [-0.3, -0.25) is 0 Å². The highest BCUT2D eigenvalue weighted by atomic mass is 28.4. The van der Waals surface area contributed by atoms with Gasteiger partial charge in [-0.2, -0.15) is 0 Å². The van der Waals surface area contributed by atoms with Gasteiger partial charge in [0.2, 0.25) is 0 Å². The smallest absolute Gasteiger partial charge is 0.404 e. The van der Waals surface area contributed by atoms with E-state index in [1.165, 1.54) is 0 Å². The molecule has 2 aromatic rings. The van der Waals surface area contributed by atoms with Crippen LogP contribution in [0.15, 0.2) is 72.6 Å². The molecule has 0 atom stereocenters. The SMILES string of the molecule is CC(C)(C)[Si](OCCC(=CF)CNC(=O)O)(c1ccccc1)c1ccccc1. The van der Waals surface area contributed by atoms with Gasteiger partial charge in [-0.05, 0) is 27.4 Å². The molecular formula is C22H28FNO3Si. The van der Waals surface area contributed by atoms with Gasteiger partial charge < -0.3 is 14.8 Å². The number of hydrogen-bond donors (Lipinski definition) is 2. The number of halogens is 1. The minimum absolute atomic E-state index is 0.0457. The molecule has 0 saturated carbocycles. The van der Waals surface area contributed by atoms with Gasteiger partial charge in [0.25, 0.3) is 8.32 Å². The Balaban J connectivity index is 2.35. The first kappa shape index (κ1) is 21.9. The van der Waals surface area contributed by atoms with E-state index in [0.717, 1.165) is 10.4 Å². The Hall–Kier alpha value is -2.44. The normalized spacial score (nSPS) is 12.6. The number of carbonyl (C=O) groups is 1. The molecule has 0 aromatic heterocycles. The minimum Gasteiger partial charge on any atom is -0.465 e. The van der Waals surface area contributed by atoms with E-state index in [1.54, 1.807) is 0 Å². The highest BCUT2D eigenvalue weighted by molar-refractivity contribution is 6.99. The largest absolute Gasteiger partial charge is 0.465 e. The summed E-state index contributed by atoms with van der Waals surface area (Å²) in [4.78, 5) is 10.7. The van der Waals surface area contributed by atoms with Gasteiger partial charge in [0.1, 0.15) is 0 Å². The molecule has 2 rings (SSSR count). The van der Waals surface area contributed by atoms with Crippen LogP contribution in [0.25, 0.3) is 0 Å². The average Bonchev–Trinajstić information content (AvgIpc) is 2.68. The molecule has 4 nitrogen and oxygen atoms in total. The Labute approximate surface area is 167 Å². The fourth-order valence-electron chi connectivity index (χ4n) is 3.47. The maximum Gasteiger partial charge on any atom is 0.404 e. The summed E-state index contributed by atoms with van der Waals surface area (Å²) in [6.45, 7) is 6.80. The van der Waals surface area contributed by atoms with Crippen molar-refractivity contribution < 1.29 is 18.7 Å². The van der Waals surface area contributed by atoms with E-state index in [2.05, 4.69) is 50.4 Å². The lowest BCUT2D eigenvalue weighted by Gasteiger charge is -2.43. The van der Waals surface area contributed by atoms with Crippen LogP contribution in [-0.2, 0) is 4.43 Å². The van der Waals surface area contributed by atoms with Crippen LogP contribution >= 0.6 is 0 Å². The Morgan fingerprint density at radius 1 is 1.07 bits per heavy atom. The molecule has 0 spiro atoms. The second-order valence-corrected chi connectivity index (χ2v) is 12.0. The molecule has 0 unspecified atom stereocenters. The molecule has 0 aliphatic carbocycles. The molecule has 0 bridgehead atoms. The van der Waals surface area contributed by atoms with E-state index in [4.69, 9.17) is 9.53 Å². The first-order valence-corrected chi connectivity index (χ1v) is 11.2. The summed E-state index contributed by atoms with van der Waals surface area (Å²) in [5.41, 5.74) is 0.361. The number of carboxylic acid groups (broad SMARTS) is 1. The van der Waals surface area contributed by atoms with Crippen LogP contribution in [0, 0.1) is 0 Å². The first-order chi connectivity index (χ1) is 13.3. The summed E-state index contributed by atoms with van der Waals surface area (Å²) in [6.07, 6.45) is -0.390. The zero-order valence-corrected chi connectivity index (χ0v) is 17.6. The molecule has 150 valence electrons. The van der Waals surface area contributed by atoms with Crippen molar-refractivity contribution in [2.24, 2.45) is 0 Å². The van der Waals surface area contributed by atoms with Gasteiger partial charge in [0.15, 0.2) is 0 Å². The molecule has 0 aliphatic heterocycles. The highest BCUT2D eigenvalue weighted by Crippen LogP contribution is 2.36. The van der Waals surface area contributed by atoms with Crippen molar-refractivity contribution in [2.45, 2.75) is 32.2 Å². The quantitative estimate of drug-likeness (QED) is 0.656. The Kier molecular flexibility index (Phi) is 7.54. The second-order valence-electron chi connectivity index (χ2n) is 7.69. The zero-order valence-electron chi connectivity index (χ0n) is 16.6. The molecule has 0 saturated heterocycles. The molecule has 0 heterocycles. The predicted molar refractivity (Wildman–Crippen MR) is 113 cm³/mol. The van der Waals surface area contributed by atoms with Crippen molar-refractivity contribution in [1.29, 1.82) is 0 Å². The average molecular weight is 402 g/mol. The molecule has 0 fully saturated rings. The van der Waals surface area contributed by atoms with E-state index < -0.39 is 14.4 Å². The summed E-state index contributed by atoms with van der Waals surface area (Å²) in [5, 5.41) is 13.1. The standard InChI is InChI=1S/C22H28FNO3Si/c1-22(2,3)28(19-10-6-4-7-11-19,20-12-8-5-9-13-20)27-15-14-18(16-23)17-24-21(25)26/h4-13,16,24H,14-15,17H2,1-3H3,(H,25,26). The zero-order chi connectivity index (χ0) is 20.6. The summed E-state index contributed by atoms with van der Waals surface area (Å²) in [7, 11) is -2.66. The fourth-order valence-corrected chi connectivity index (χ4v) is 8.03. The topological polar surface area (TPSA) is 58.6 Å². The van der Waals surface area contributed by atoms with Gasteiger partial charge in [-0.25, -0.2) is 9.18 Å². The Morgan fingerprint density at radius 3 is 1.96 bits per heavy atom. The van der Waals surface area contributed by atoms with E-state index in [-0.39, 0.29) is 11.6 Å². The molecule has 2 aromatic carbocycles. The third-order valence-electron chi connectivity index (χ3n) is 4.78. The maximum atomic E-state index is 13.2. The predicted octanol–water partition coefficient (Wildman–Crippen LogP) is 4.07. The lowest BCUT2D eigenvalue weighted by atomic mass is 10.2. The lowest BCUT2D eigenvalue weighted by molar-refractivity contribution is 0.195. The van der Waals surface area contributed by atoms with Crippen LogP contribution in [0.2, 0.25) is 5.04 Å². The van der Waals surface area contributed by atoms with Crippen molar-refractivity contribution in [3.05, 3.63) is 72.6 Å². The Bertz CT molecular complexity index is 749. The number of amides is 1. The van der Waals surface area contributed by atoms with Crippen LogP contribution in [0.1, 0.15) is 27.2 Å². The monoisotopic (exact) mass is 401 g/mol. The number of hydrogen-bond acceptors (Lipinski definition) is 2. The van der Waals surface area contributed by atoms with Crippen molar-refractivity contribution in [3.8, 4) is 0 Å². The number of rotatable bonds is 8. The van der Waals surface area contributed by atoms with Gasteiger partial charge in [0, 0.05) is 13.2 Å². The summed E-state index contributed by atoms with van der Waals surface area (Å²) < 4.78 is 19.8. The van der Waals surface area contributed by atoms with Crippen molar-refractivity contribution in [3.63, 3.8) is 0 Å². The van der Waals surface area contributed by atoms with Crippen LogP contribution in [0.4, 0.5) is 9.18 Å². The third-order valence-corrected chi connectivity index (χ3v) is 9.82. The molecule has 0 radical (unpaired) electrons. The van der Waals surface area contributed by atoms with Crippen molar-refractivity contribution >= 4 is 24.8 Å². The number of benzene rings is 2. The van der Waals surface area contributed by atoms with E-state index in [0.29, 0.717) is 24.9 Å². The molecule has 6 heteroatoms. The van der Waals surface area contributed by atoms with E-state index >= 15 is 0 Å². The minimum atomic E-state index is -2.66. The molecular weight excluding hydrogens is 373 g/mol. The molecule has 1 amide bonds. The Morgan fingerprint density at radius 2 is 1.57 bits per heavy atom. The van der Waals surface area contributed by atoms with Crippen LogP contribution in [0.3, 0.4) is 0 Å². The summed E-state index contributed by atoms with van der Waals surface area (Å²) in [6, 6.07) is 20.4. The lowest BCUT2D eigenvalue weighted by Crippen LogP contribution is -2.66. The van der Waals surface area contributed by atoms with Gasteiger partial charge in [-0.15, -0.1) is 0 Å². The highest BCUT2D eigenvalue weighted by Gasteiger charge is 2.49. The summed E-state index contributed by atoms with van der Waals surface area (Å²) >= 11 is 0. The van der Waals surface area contributed by atoms with E-state index in [1.807, 2.05) is 36.4 Å². The summed E-state index contributed by atoms with van der Waals surface area (Å²) in [5.74, 6) is 0. The molecule has 2 N–H and O–H groups in total. The van der Waals surface area contributed by atoms with Crippen molar-refractivity contribution in [1.82, 2.24) is 5.32 Å². The third kappa shape index (κ3) is 5.08. The van der Waals surface area contributed by atoms with Crippen molar-refractivity contribution in [2.75, 3.05) is 13.2 Å². The van der Waals surface area contributed by atoms with Gasteiger partial charge in [0.05, 0.1) is 6.33 Å². The van der Waals surface area contributed by atoms with Crippen LogP contribution in [0.5, 0.6) is 0 Å². The maximum absolute atomic E-state index is 13.2. The van der Waals surface area contributed by atoms with Gasteiger partial charge in [-0.1, -0.05) is 81.4 Å². The molecule has 28 heavy (non-hydrogen) atoms. The van der Waals surface area contributed by atoms with Gasteiger partial charge >= 0.3 is 6.09 Å². The van der Waals surface area contributed by atoms with Crippen LogP contribution in [-0.4, -0.2) is 32.7 Å². The molecule has 0 aliphatic rings. The van der Waals surface area contributed by atoms with Crippen LogP contribution < -0.4 is 15.7 Å². The fraction of sp³-hybridized carbons (Fsp3) is 0.318. The second kappa shape index (κ2) is 9.66.